The molecule has 1 aliphatic carbocycles. The van der Waals surface area contributed by atoms with Gasteiger partial charge in [-0.15, -0.1) is 0 Å². The zero-order valence-corrected chi connectivity index (χ0v) is 8.39. The van der Waals surface area contributed by atoms with Gasteiger partial charge >= 0.3 is 0 Å². The highest BCUT2D eigenvalue weighted by Gasteiger charge is 2.26. The van der Waals surface area contributed by atoms with Crippen LogP contribution >= 0.6 is 23.2 Å². The summed E-state index contributed by atoms with van der Waals surface area (Å²) in [6.45, 7) is 0. The number of rotatable bonds is 0. The first-order valence-electron chi connectivity index (χ1n) is 3.86. The van der Waals surface area contributed by atoms with Crippen molar-refractivity contribution in [3.05, 3.63) is 40.4 Å². The second kappa shape index (κ2) is 3.23. The summed E-state index contributed by atoms with van der Waals surface area (Å²) in [5.41, 5.74) is 0.718. The van der Waals surface area contributed by atoms with Crippen LogP contribution in [0, 0.1) is 0 Å². The second-order valence-electron chi connectivity index (χ2n) is 2.85. The van der Waals surface area contributed by atoms with Crippen molar-refractivity contribution in [2.24, 2.45) is 0 Å². The first-order valence-corrected chi connectivity index (χ1v) is 4.61. The van der Waals surface area contributed by atoms with Gasteiger partial charge in [-0.1, -0.05) is 35.3 Å². The van der Waals surface area contributed by atoms with Gasteiger partial charge < -0.3 is 0 Å². The first-order chi connectivity index (χ1) is 6.61. The molecule has 0 atom stereocenters. The predicted molar refractivity (Wildman–Crippen MR) is 54.6 cm³/mol. The maximum absolute atomic E-state index is 11.4. The molecule has 0 N–H and O–H groups in total. The summed E-state index contributed by atoms with van der Waals surface area (Å²) >= 11 is 11.7. The van der Waals surface area contributed by atoms with Crippen LogP contribution in [0.4, 0.5) is 0 Å². The summed E-state index contributed by atoms with van der Waals surface area (Å²) in [5.74, 6) is -1.17. The Bertz CT molecular complexity index is 475. The number of halogens is 2. The molecule has 0 heterocycles. The number of carbonyl (C=O) groups excluding carboxylic acids is 2. The van der Waals surface area contributed by atoms with Gasteiger partial charge in [0, 0.05) is 17.2 Å². The fourth-order valence-electron chi connectivity index (χ4n) is 1.34. The van der Waals surface area contributed by atoms with Crippen molar-refractivity contribution in [1.82, 2.24) is 0 Å². The third kappa shape index (κ3) is 1.27. The highest BCUT2D eigenvalue weighted by atomic mass is 35.5. The minimum Gasteiger partial charge on any atom is -0.285 e. The lowest BCUT2D eigenvalue weighted by Crippen LogP contribution is -2.17. The Morgan fingerprint density at radius 3 is 2.50 bits per heavy atom. The molecule has 70 valence electrons. The maximum atomic E-state index is 11.4. The number of ketones is 2. The molecule has 0 unspecified atom stereocenters. The topological polar surface area (TPSA) is 34.1 Å². The van der Waals surface area contributed by atoms with Crippen molar-refractivity contribution < 1.29 is 9.59 Å². The van der Waals surface area contributed by atoms with Crippen molar-refractivity contribution in [3.63, 3.8) is 0 Å². The van der Waals surface area contributed by atoms with Crippen LogP contribution in [0.5, 0.6) is 0 Å². The van der Waals surface area contributed by atoms with E-state index in [1.54, 1.807) is 12.1 Å². The van der Waals surface area contributed by atoms with Crippen LogP contribution in [0.2, 0.25) is 5.02 Å². The molecule has 4 heteroatoms. The summed E-state index contributed by atoms with van der Waals surface area (Å²) in [6.07, 6.45) is 1.10. The standard InChI is InChI=1S/C10H4Cl2O2/c11-6-3-1-2-5-9(6)7(12)4-8(13)10(5)14/h1-4H. The molecule has 2 rings (SSSR count). The van der Waals surface area contributed by atoms with Crippen LogP contribution in [0.3, 0.4) is 0 Å². The molecule has 1 aliphatic rings. The first kappa shape index (κ1) is 9.44. The van der Waals surface area contributed by atoms with Crippen molar-refractivity contribution in [1.29, 1.82) is 0 Å². The summed E-state index contributed by atoms with van der Waals surface area (Å²) in [7, 11) is 0. The Morgan fingerprint density at radius 2 is 1.79 bits per heavy atom. The largest absolute Gasteiger partial charge is 0.285 e. The molecule has 0 radical (unpaired) electrons. The van der Waals surface area contributed by atoms with E-state index in [4.69, 9.17) is 23.2 Å². The molecule has 0 bridgehead atoms. The molecule has 14 heavy (non-hydrogen) atoms. The van der Waals surface area contributed by atoms with Crippen LogP contribution in [-0.2, 0) is 4.79 Å². The van der Waals surface area contributed by atoms with E-state index in [1.807, 2.05) is 0 Å². The van der Waals surface area contributed by atoms with Crippen molar-refractivity contribution in [2.45, 2.75) is 0 Å². The number of fused-ring (bicyclic) bond motifs is 1. The van der Waals surface area contributed by atoms with Gasteiger partial charge in [0.1, 0.15) is 0 Å². The number of allylic oxidation sites excluding steroid dienone is 1. The van der Waals surface area contributed by atoms with Crippen LogP contribution in [0.25, 0.3) is 5.03 Å². The lowest BCUT2D eigenvalue weighted by molar-refractivity contribution is -0.110. The quantitative estimate of drug-likeness (QED) is 0.638. The molecule has 0 fully saturated rings. The van der Waals surface area contributed by atoms with E-state index in [1.165, 1.54) is 6.07 Å². The van der Waals surface area contributed by atoms with E-state index in [2.05, 4.69) is 0 Å². The highest BCUT2D eigenvalue weighted by Crippen LogP contribution is 2.33. The van der Waals surface area contributed by atoms with Crippen LogP contribution in [-0.4, -0.2) is 11.6 Å². The minimum atomic E-state index is -0.607. The van der Waals surface area contributed by atoms with Gasteiger partial charge in [-0.05, 0) is 6.07 Å². The van der Waals surface area contributed by atoms with E-state index in [-0.39, 0.29) is 10.6 Å². The van der Waals surface area contributed by atoms with Crippen LogP contribution < -0.4 is 0 Å². The fraction of sp³-hybridized carbons (Fsp3) is 0. The van der Waals surface area contributed by atoms with E-state index in [0.717, 1.165) is 6.08 Å². The Labute approximate surface area is 90.1 Å². The molecule has 1 aromatic rings. The van der Waals surface area contributed by atoms with Crippen LogP contribution in [0.1, 0.15) is 15.9 Å². The van der Waals surface area contributed by atoms with Gasteiger partial charge in [-0.25, -0.2) is 0 Å². The molecule has 0 amide bonds. The zero-order chi connectivity index (χ0) is 10.3. The normalized spacial score (nSPS) is 15.1. The van der Waals surface area contributed by atoms with Crippen molar-refractivity contribution in [2.75, 3.05) is 0 Å². The number of carbonyl (C=O) groups is 2. The summed E-state index contributed by atoms with van der Waals surface area (Å²) in [4.78, 5) is 22.5. The van der Waals surface area contributed by atoms with Gasteiger partial charge in [0.15, 0.2) is 0 Å². The molecule has 0 saturated carbocycles. The number of Topliss-reactive ketones (excluding diaryl/α,β-unsaturated/α-hetero) is 1. The van der Waals surface area contributed by atoms with E-state index in [9.17, 15) is 9.59 Å². The average Bonchev–Trinajstić information content (AvgIpc) is 2.14. The Hall–Kier alpha value is -1.12. The molecule has 1 aromatic carbocycles. The summed E-state index contributed by atoms with van der Waals surface area (Å²) in [6, 6.07) is 4.78. The smallest absolute Gasteiger partial charge is 0.233 e. The number of hydrogen-bond acceptors (Lipinski definition) is 2. The van der Waals surface area contributed by atoms with E-state index < -0.39 is 11.6 Å². The lowest BCUT2D eigenvalue weighted by atomic mass is 9.95. The lowest BCUT2D eigenvalue weighted by Gasteiger charge is -2.12. The third-order valence-corrected chi connectivity index (χ3v) is 2.59. The minimum absolute atomic E-state index is 0.218. The molecular weight excluding hydrogens is 223 g/mol. The van der Waals surface area contributed by atoms with Crippen molar-refractivity contribution in [3.8, 4) is 0 Å². The molecule has 0 aromatic heterocycles. The monoisotopic (exact) mass is 226 g/mol. The summed E-state index contributed by atoms with van der Waals surface area (Å²) < 4.78 is 0. The average molecular weight is 227 g/mol. The maximum Gasteiger partial charge on any atom is 0.233 e. The predicted octanol–water partition coefficient (Wildman–Crippen LogP) is 2.69. The second-order valence-corrected chi connectivity index (χ2v) is 3.66. The van der Waals surface area contributed by atoms with Gasteiger partial charge in [-0.3, -0.25) is 9.59 Å². The Morgan fingerprint density at radius 1 is 1.07 bits per heavy atom. The van der Waals surface area contributed by atoms with Crippen LogP contribution in [0.15, 0.2) is 24.3 Å². The van der Waals surface area contributed by atoms with E-state index >= 15 is 0 Å². The van der Waals surface area contributed by atoms with Gasteiger partial charge in [0.05, 0.1) is 10.1 Å². The summed E-state index contributed by atoms with van der Waals surface area (Å²) in [5, 5.41) is 0.597. The zero-order valence-electron chi connectivity index (χ0n) is 6.88. The van der Waals surface area contributed by atoms with Crippen molar-refractivity contribution >= 4 is 39.8 Å². The molecule has 0 aliphatic heterocycles. The van der Waals surface area contributed by atoms with Gasteiger partial charge in [0.2, 0.25) is 11.6 Å². The Balaban J connectivity index is 2.78. The molecule has 0 spiro atoms. The van der Waals surface area contributed by atoms with Gasteiger partial charge in [0.25, 0.3) is 0 Å². The Kier molecular flexibility index (Phi) is 2.17. The molecular formula is C10H4Cl2O2. The highest BCUT2D eigenvalue weighted by molar-refractivity contribution is 6.61. The SMILES string of the molecule is O=C1C=C(Cl)c2c(Cl)cccc2C1=O. The molecule has 2 nitrogen and oxygen atoms in total. The number of hydrogen-bond donors (Lipinski definition) is 0. The fourth-order valence-corrected chi connectivity index (χ4v) is 1.97. The number of benzene rings is 1. The van der Waals surface area contributed by atoms with Gasteiger partial charge in [-0.2, -0.15) is 0 Å². The third-order valence-electron chi connectivity index (χ3n) is 1.98. The van der Waals surface area contributed by atoms with E-state index in [0.29, 0.717) is 10.6 Å². The molecule has 0 saturated heterocycles.